The highest BCUT2D eigenvalue weighted by molar-refractivity contribution is 7.19. The summed E-state index contributed by atoms with van der Waals surface area (Å²) in [6, 6.07) is 17.4. The molecular formula is C20H15ClN6OS. The van der Waals surface area contributed by atoms with Crippen molar-refractivity contribution in [2.45, 2.75) is 6.42 Å². The van der Waals surface area contributed by atoms with Crippen molar-refractivity contribution < 1.29 is 4.74 Å². The zero-order valence-electron chi connectivity index (χ0n) is 15.3. The molecule has 144 valence electrons. The minimum absolute atomic E-state index is 0.627. The van der Waals surface area contributed by atoms with E-state index in [9.17, 15) is 0 Å². The molecule has 0 radical (unpaired) electrons. The third-order valence-electron chi connectivity index (χ3n) is 4.52. The van der Waals surface area contributed by atoms with Crippen LogP contribution in [0.15, 0.2) is 54.6 Å². The topological polar surface area (TPSA) is 81.0 Å². The Labute approximate surface area is 175 Å². The van der Waals surface area contributed by atoms with Gasteiger partial charge in [0.15, 0.2) is 10.8 Å². The second-order valence-corrected chi connectivity index (χ2v) is 7.81. The monoisotopic (exact) mass is 422 g/mol. The van der Waals surface area contributed by atoms with Gasteiger partial charge in [-0.3, -0.25) is 5.10 Å². The van der Waals surface area contributed by atoms with Gasteiger partial charge in [0.25, 0.3) is 0 Å². The van der Waals surface area contributed by atoms with E-state index in [1.54, 1.807) is 11.6 Å². The number of aromatic nitrogens is 6. The molecule has 0 aliphatic rings. The summed E-state index contributed by atoms with van der Waals surface area (Å²) in [6.07, 6.45) is 0.627. The van der Waals surface area contributed by atoms with Gasteiger partial charge < -0.3 is 4.74 Å². The number of fused-ring (bicyclic) bond motifs is 1. The Morgan fingerprint density at radius 3 is 2.62 bits per heavy atom. The van der Waals surface area contributed by atoms with Crippen LogP contribution in [0.2, 0.25) is 5.02 Å². The summed E-state index contributed by atoms with van der Waals surface area (Å²) in [5, 5.41) is 22.2. The van der Waals surface area contributed by atoms with E-state index < -0.39 is 0 Å². The molecule has 7 nitrogen and oxygen atoms in total. The molecule has 0 saturated carbocycles. The molecular weight excluding hydrogens is 408 g/mol. The van der Waals surface area contributed by atoms with Gasteiger partial charge in [-0.15, -0.1) is 10.2 Å². The molecule has 5 aromatic rings. The number of nitrogens with one attached hydrogen (secondary N) is 1. The summed E-state index contributed by atoms with van der Waals surface area (Å²) >= 11 is 7.43. The van der Waals surface area contributed by atoms with Gasteiger partial charge in [-0.1, -0.05) is 35.1 Å². The van der Waals surface area contributed by atoms with Gasteiger partial charge in [-0.2, -0.15) is 14.7 Å². The third-order valence-corrected chi connectivity index (χ3v) is 5.71. The molecule has 0 atom stereocenters. The Morgan fingerprint density at radius 1 is 1.07 bits per heavy atom. The van der Waals surface area contributed by atoms with E-state index in [-0.39, 0.29) is 0 Å². The van der Waals surface area contributed by atoms with Crippen LogP contribution in [0, 0.1) is 0 Å². The van der Waals surface area contributed by atoms with Crippen LogP contribution in [-0.4, -0.2) is 37.1 Å². The first-order valence-electron chi connectivity index (χ1n) is 8.85. The first-order valence-corrected chi connectivity index (χ1v) is 10.0. The maximum absolute atomic E-state index is 5.96. The summed E-state index contributed by atoms with van der Waals surface area (Å²) < 4.78 is 6.99. The third kappa shape index (κ3) is 3.48. The van der Waals surface area contributed by atoms with Crippen LogP contribution in [0.3, 0.4) is 0 Å². The Hall–Kier alpha value is -3.23. The van der Waals surface area contributed by atoms with Crippen molar-refractivity contribution in [2.24, 2.45) is 0 Å². The lowest BCUT2D eigenvalue weighted by Crippen LogP contribution is -1.97. The Balaban J connectivity index is 1.43. The van der Waals surface area contributed by atoms with Gasteiger partial charge in [0.1, 0.15) is 5.75 Å². The number of aromatic amines is 1. The number of H-pyrrole nitrogens is 1. The molecule has 3 aromatic heterocycles. The zero-order valence-corrected chi connectivity index (χ0v) is 16.9. The summed E-state index contributed by atoms with van der Waals surface area (Å²) in [4.78, 5) is 0.740. The maximum Gasteiger partial charge on any atom is 0.235 e. The molecule has 0 spiro atoms. The van der Waals surface area contributed by atoms with Crippen LogP contribution >= 0.6 is 22.9 Å². The molecule has 0 unspecified atom stereocenters. The summed E-state index contributed by atoms with van der Waals surface area (Å²) in [5.41, 5.74) is 3.78. The fourth-order valence-electron chi connectivity index (χ4n) is 3.00. The number of rotatable bonds is 5. The first kappa shape index (κ1) is 17.8. The molecule has 2 aromatic carbocycles. The lowest BCUT2D eigenvalue weighted by molar-refractivity contribution is 0.415. The van der Waals surface area contributed by atoms with Crippen molar-refractivity contribution in [3.63, 3.8) is 0 Å². The summed E-state index contributed by atoms with van der Waals surface area (Å²) in [5.74, 6) is 1.59. The molecule has 0 saturated heterocycles. The van der Waals surface area contributed by atoms with Crippen LogP contribution < -0.4 is 4.74 Å². The average molecular weight is 423 g/mol. The van der Waals surface area contributed by atoms with Gasteiger partial charge in [-0.25, -0.2) is 0 Å². The van der Waals surface area contributed by atoms with E-state index in [0.717, 1.165) is 44.1 Å². The van der Waals surface area contributed by atoms with E-state index >= 15 is 0 Å². The predicted molar refractivity (Wildman–Crippen MR) is 112 cm³/mol. The van der Waals surface area contributed by atoms with E-state index in [1.807, 2.05) is 54.6 Å². The first-order chi connectivity index (χ1) is 14.2. The Bertz CT molecular complexity index is 1270. The number of ether oxygens (including phenoxy) is 1. The summed E-state index contributed by atoms with van der Waals surface area (Å²) in [7, 11) is 1.65. The molecule has 0 fully saturated rings. The smallest absolute Gasteiger partial charge is 0.235 e. The quantitative estimate of drug-likeness (QED) is 0.451. The van der Waals surface area contributed by atoms with Gasteiger partial charge >= 0.3 is 0 Å². The molecule has 0 aliphatic carbocycles. The van der Waals surface area contributed by atoms with Crippen LogP contribution in [-0.2, 0) is 6.42 Å². The van der Waals surface area contributed by atoms with Crippen LogP contribution in [0.4, 0.5) is 0 Å². The molecule has 29 heavy (non-hydrogen) atoms. The number of hydrogen-bond acceptors (Lipinski definition) is 6. The van der Waals surface area contributed by atoms with Gasteiger partial charge in [0, 0.05) is 17.0 Å². The number of hydrogen-bond donors (Lipinski definition) is 1. The second kappa shape index (κ2) is 7.31. The van der Waals surface area contributed by atoms with Crippen LogP contribution in [0.1, 0.15) is 11.4 Å². The van der Waals surface area contributed by atoms with Crippen molar-refractivity contribution in [3.05, 3.63) is 71.0 Å². The van der Waals surface area contributed by atoms with Crippen LogP contribution in [0.25, 0.3) is 26.9 Å². The second-order valence-electron chi connectivity index (χ2n) is 6.42. The van der Waals surface area contributed by atoms with Gasteiger partial charge in [0.2, 0.25) is 4.96 Å². The molecule has 9 heteroatoms. The maximum atomic E-state index is 5.96. The van der Waals surface area contributed by atoms with Crippen molar-refractivity contribution in [2.75, 3.05) is 7.11 Å². The SMILES string of the molecule is COc1ccc(-c2cc(-c3nn4c(Cc5ccc(Cl)cc5)nnc4s3)[nH]n2)cc1. The fourth-order valence-corrected chi connectivity index (χ4v) is 3.95. The Kier molecular flexibility index (Phi) is 4.49. The van der Waals surface area contributed by atoms with E-state index in [1.165, 1.54) is 11.3 Å². The molecule has 3 heterocycles. The molecule has 1 N–H and O–H groups in total. The number of benzene rings is 2. The average Bonchev–Trinajstić information content (AvgIpc) is 3.46. The molecule has 0 amide bonds. The van der Waals surface area contributed by atoms with Crippen molar-refractivity contribution in [3.8, 4) is 27.7 Å². The predicted octanol–water partition coefficient (Wildman–Crippen LogP) is 4.50. The minimum Gasteiger partial charge on any atom is -0.497 e. The summed E-state index contributed by atoms with van der Waals surface area (Å²) in [6.45, 7) is 0. The molecule has 5 rings (SSSR count). The van der Waals surface area contributed by atoms with Gasteiger partial charge in [-0.05, 0) is 48.0 Å². The van der Waals surface area contributed by atoms with E-state index in [2.05, 4.69) is 25.5 Å². The van der Waals surface area contributed by atoms with E-state index in [4.69, 9.17) is 16.3 Å². The highest BCUT2D eigenvalue weighted by atomic mass is 35.5. The standard InChI is InChI=1S/C20H15ClN6OS/c1-28-15-8-4-13(5-9-15)16-11-17(23-22-16)19-26-27-18(24-25-20(27)29-19)10-12-2-6-14(21)7-3-12/h2-9,11H,10H2,1H3,(H,22,23). The zero-order chi connectivity index (χ0) is 19.8. The van der Waals surface area contributed by atoms with Gasteiger partial charge in [0.05, 0.1) is 18.5 Å². The lowest BCUT2D eigenvalue weighted by atomic mass is 10.1. The van der Waals surface area contributed by atoms with Crippen molar-refractivity contribution in [1.82, 2.24) is 30.0 Å². The van der Waals surface area contributed by atoms with Crippen LogP contribution in [0.5, 0.6) is 5.75 Å². The largest absolute Gasteiger partial charge is 0.497 e. The lowest BCUT2D eigenvalue weighted by Gasteiger charge is -1.99. The molecule has 0 aliphatic heterocycles. The highest BCUT2D eigenvalue weighted by Crippen LogP contribution is 2.28. The number of methoxy groups -OCH3 is 1. The van der Waals surface area contributed by atoms with Crippen molar-refractivity contribution >= 4 is 27.9 Å². The minimum atomic E-state index is 0.627. The normalized spacial score (nSPS) is 11.2. The number of halogens is 1. The Morgan fingerprint density at radius 2 is 1.86 bits per heavy atom. The van der Waals surface area contributed by atoms with Crippen molar-refractivity contribution in [1.29, 1.82) is 0 Å². The molecule has 0 bridgehead atoms. The fraction of sp³-hybridized carbons (Fsp3) is 0.100. The highest BCUT2D eigenvalue weighted by Gasteiger charge is 2.15. The number of nitrogens with zero attached hydrogens (tertiary/aromatic N) is 5. The van der Waals surface area contributed by atoms with E-state index in [0.29, 0.717) is 11.4 Å².